The number of rotatable bonds is 7. The minimum Gasteiger partial charge on any atom is -0.490 e. The van der Waals surface area contributed by atoms with Crippen LogP contribution in [0, 0.1) is 0 Å². The standard InChI is InChI=1S/C18H18Cl3N3O2S/c1-3-25-16-8-11(9-23-24-18(27)22-2)4-7-15(16)26-10-12-13(19)5-6-14(20)17(12)21/h4-9H,3,10H2,1-2H3,(H2,22,24,27)/b23-9-. The second-order valence-electron chi connectivity index (χ2n) is 5.20. The summed E-state index contributed by atoms with van der Waals surface area (Å²) in [6.07, 6.45) is 1.63. The topological polar surface area (TPSA) is 54.9 Å². The first kappa shape index (κ1) is 21.6. The summed E-state index contributed by atoms with van der Waals surface area (Å²) in [5.41, 5.74) is 4.12. The fourth-order valence-corrected chi connectivity index (χ4v) is 2.77. The first-order chi connectivity index (χ1) is 13.0. The van der Waals surface area contributed by atoms with Gasteiger partial charge in [-0.25, -0.2) is 0 Å². The number of thiocarbonyl (C=S) groups is 1. The summed E-state index contributed by atoms with van der Waals surface area (Å²) in [4.78, 5) is 0. The lowest BCUT2D eigenvalue weighted by Crippen LogP contribution is -2.28. The van der Waals surface area contributed by atoms with Gasteiger partial charge in [0.05, 0.1) is 22.9 Å². The Hall–Kier alpha value is -1.73. The van der Waals surface area contributed by atoms with Crippen LogP contribution >= 0.6 is 47.0 Å². The predicted octanol–water partition coefficient (Wildman–Crippen LogP) is 5.05. The second kappa shape index (κ2) is 10.6. The van der Waals surface area contributed by atoms with E-state index >= 15 is 0 Å². The number of hydrazone groups is 1. The number of benzene rings is 2. The van der Waals surface area contributed by atoms with Crippen molar-refractivity contribution in [1.82, 2.24) is 10.7 Å². The van der Waals surface area contributed by atoms with E-state index in [1.807, 2.05) is 19.1 Å². The fourth-order valence-electron chi connectivity index (χ4n) is 2.07. The highest BCUT2D eigenvalue weighted by Gasteiger charge is 2.12. The van der Waals surface area contributed by atoms with Crippen molar-refractivity contribution in [2.45, 2.75) is 13.5 Å². The van der Waals surface area contributed by atoms with E-state index in [0.29, 0.717) is 43.8 Å². The molecule has 2 aromatic rings. The zero-order chi connectivity index (χ0) is 19.8. The third-order valence-corrected chi connectivity index (χ3v) is 4.88. The van der Waals surface area contributed by atoms with Crippen molar-refractivity contribution < 1.29 is 9.47 Å². The van der Waals surface area contributed by atoms with Crippen molar-refractivity contribution in [3.05, 3.63) is 56.5 Å². The van der Waals surface area contributed by atoms with Crippen molar-refractivity contribution in [2.75, 3.05) is 13.7 Å². The van der Waals surface area contributed by atoms with Gasteiger partial charge in [0.2, 0.25) is 0 Å². The molecule has 0 saturated carbocycles. The lowest BCUT2D eigenvalue weighted by molar-refractivity contribution is 0.269. The Bertz CT molecular complexity index is 847. The Morgan fingerprint density at radius 1 is 1.11 bits per heavy atom. The van der Waals surface area contributed by atoms with E-state index in [9.17, 15) is 0 Å². The Morgan fingerprint density at radius 2 is 1.85 bits per heavy atom. The van der Waals surface area contributed by atoms with E-state index in [1.54, 1.807) is 31.5 Å². The normalized spacial score (nSPS) is 10.7. The van der Waals surface area contributed by atoms with E-state index in [1.165, 1.54) is 0 Å². The van der Waals surface area contributed by atoms with Crippen molar-refractivity contribution in [3.63, 3.8) is 0 Å². The fraction of sp³-hybridized carbons (Fsp3) is 0.222. The van der Waals surface area contributed by atoms with Gasteiger partial charge in [-0.1, -0.05) is 34.8 Å². The molecule has 9 heteroatoms. The molecule has 27 heavy (non-hydrogen) atoms. The van der Waals surface area contributed by atoms with Crippen LogP contribution in [0.2, 0.25) is 15.1 Å². The summed E-state index contributed by atoms with van der Waals surface area (Å²) in [7, 11) is 1.71. The van der Waals surface area contributed by atoms with Crippen molar-refractivity contribution in [3.8, 4) is 11.5 Å². The maximum atomic E-state index is 6.22. The van der Waals surface area contributed by atoms with Gasteiger partial charge in [0.15, 0.2) is 16.6 Å². The first-order valence-electron chi connectivity index (χ1n) is 7.99. The van der Waals surface area contributed by atoms with Gasteiger partial charge in [-0.3, -0.25) is 5.43 Å². The van der Waals surface area contributed by atoms with Crippen LogP contribution in [0.5, 0.6) is 11.5 Å². The average molecular weight is 447 g/mol. The van der Waals surface area contributed by atoms with Crippen molar-refractivity contribution in [2.24, 2.45) is 5.10 Å². The van der Waals surface area contributed by atoms with Crippen LogP contribution in [0.3, 0.4) is 0 Å². The van der Waals surface area contributed by atoms with Gasteiger partial charge in [0, 0.05) is 17.6 Å². The largest absolute Gasteiger partial charge is 0.490 e. The third kappa shape index (κ3) is 6.14. The Balaban J connectivity index is 2.17. The quantitative estimate of drug-likeness (QED) is 0.270. The summed E-state index contributed by atoms with van der Waals surface area (Å²) in [5.74, 6) is 1.13. The molecule has 0 aliphatic heterocycles. The Labute approximate surface area is 178 Å². The SMILES string of the molecule is CCOc1cc(/C=N\NC(=S)NC)ccc1OCc1c(Cl)ccc(Cl)c1Cl. The number of hydrogen-bond acceptors (Lipinski definition) is 4. The van der Waals surface area contributed by atoms with Gasteiger partial charge >= 0.3 is 0 Å². The smallest absolute Gasteiger partial charge is 0.186 e. The minimum atomic E-state index is 0.156. The molecule has 0 heterocycles. The number of halogens is 3. The van der Waals surface area contributed by atoms with Crippen LogP contribution < -0.4 is 20.2 Å². The first-order valence-corrected chi connectivity index (χ1v) is 9.53. The molecule has 0 fully saturated rings. The highest BCUT2D eigenvalue weighted by molar-refractivity contribution is 7.80. The van der Waals surface area contributed by atoms with Gasteiger partial charge in [-0.05, 0) is 55.0 Å². The van der Waals surface area contributed by atoms with Gasteiger partial charge in [-0.15, -0.1) is 0 Å². The molecule has 0 unspecified atom stereocenters. The molecule has 2 rings (SSSR count). The van der Waals surface area contributed by atoms with Gasteiger partial charge < -0.3 is 14.8 Å². The van der Waals surface area contributed by atoms with E-state index in [2.05, 4.69) is 15.8 Å². The molecular formula is C18H18Cl3N3O2S. The van der Waals surface area contributed by atoms with Crippen LogP contribution in [0.25, 0.3) is 0 Å². The molecule has 144 valence electrons. The van der Waals surface area contributed by atoms with Gasteiger partial charge in [0.25, 0.3) is 0 Å². The molecule has 5 nitrogen and oxygen atoms in total. The molecule has 0 aliphatic carbocycles. The van der Waals surface area contributed by atoms with Crippen LogP contribution in [-0.4, -0.2) is 25.0 Å². The zero-order valence-corrected chi connectivity index (χ0v) is 17.8. The number of hydrogen-bond donors (Lipinski definition) is 2. The van der Waals surface area contributed by atoms with Gasteiger partial charge in [-0.2, -0.15) is 5.10 Å². The summed E-state index contributed by atoms with van der Waals surface area (Å²) in [6.45, 7) is 2.53. The van der Waals surface area contributed by atoms with E-state index in [-0.39, 0.29) is 6.61 Å². The second-order valence-corrected chi connectivity index (χ2v) is 6.80. The minimum absolute atomic E-state index is 0.156. The van der Waals surface area contributed by atoms with Crippen molar-refractivity contribution in [1.29, 1.82) is 0 Å². The van der Waals surface area contributed by atoms with E-state index < -0.39 is 0 Å². The molecule has 0 radical (unpaired) electrons. The Kier molecular flexibility index (Phi) is 8.44. The van der Waals surface area contributed by atoms with E-state index in [0.717, 1.165) is 5.56 Å². The average Bonchev–Trinajstić information content (AvgIpc) is 2.66. The molecule has 0 bridgehead atoms. The number of ether oxygens (including phenoxy) is 2. The van der Waals surface area contributed by atoms with Crippen molar-refractivity contribution >= 4 is 58.3 Å². The highest BCUT2D eigenvalue weighted by Crippen LogP contribution is 2.34. The summed E-state index contributed by atoms with van der Waals surface area (Å²) in [6, 6.07) is 8.76. The molecule has 0 spiro atoms. The maximum absolute atomic E-state index is 6.22. The summed E-state index contributed by atoms with van der Waals surface area (Å²) < 4.78 is 11.5. The molecular weight excluding hydrogens is 429 g/mol. The summed E-state index contributed by atoms with van der Waals surface area (Å²) in [5, 5.41) is 8.51. The van der Waals surface area contributed by atoms with Crippen LogP contribution in [-0.2, 0) is 6.61 Å². The Morgan fingerprint density at radius 3 is 2.56 bits per heavy atom. The molecule has 0 saturated heterocycles. The number of nitrogens with zero attached hydrogens (tertiary/aromatic N) is 1. The molecule has 2 aromatic carbocycles. The molecule has 2 N–H and O–H groups in total. The summed E-state index contributed by atoms with van der Waals surface area (Å²) >= 11 is 23.4. The molecule has 0 aliphatic rings. The third-order valence-electron chi connectivity index (χ3n) is 3.39. The molecule has 0 aromatic heterocycles. The lowest BCUT2D eigenvalue weighted by Gasteiger charge is -2.14. The molecule has 0 amide bonds. The van der Waals surface area contributed by atoms with Crippen LogP contribution in [0.4, 0.5) is 0 Å². The van der Waals surface area contributed by atoms with Crippen LogP contribution in [0.15, 0.2) is 35.4 Å². The monoisotopic (exact) mass is 445 g/mol. The zero-order valence-electron chi connectivity index (χ0n) is 14.7. The highest BCUT2D eigenvalue weighted by atomic mass is 35.5. The maximum Gasteiger partial charge on any atom is 0.186 e. The molecule has 0 atom stereocenters. The van der Waals surface area contributed by atoms with E-state index in [4.69, 9.17) is 56.5 Å². The lowest BCUT2D eigenvalue weighted by atomic mass is 10.2. The van der Waals surface area contributed by atoms with Gasteiger partial charge in [0.1, 0.15) is 6.61 Å². The van der Waals surface area contributed by atoms with Crippen LogP contribution in [0.1, 0.15) is 18.1 Å². The number of nitrogens with one attached hydrogen (secondary N) is 2. The predicted molar refractivity (Wildman–Crippen MR) is 116 cm³/mol.